The van der Waals surface area contributed by atoms with E-state index < -0.39 is 5.60 Å². The molecule has 74 valence electrons. The van der Waals surface area contributed by atoms with Crippen LogP contribution >= 0.6 is 0 Å². The first-order valence-electron chi connectivity index (χ1n) is 5.13. The van der Waals surface area contributed by atoms with Crippen LogP contribution in [0, 0.1) is 0 Å². The molecule has 1 aliphatic heterocycles. The first-order valence-corrected chi connectivity index (χ1v) is 5.13. The Morgan fingerprint density at radius 1 is 1.36 bits per heavy atom. The molecule has 2 nitrogen and oxygen atoms in total. The second-order valence-corrected chi connectivity index (χ2v) is 4.49. The van der Waals surface area contributed by atoms with Gasteiger partial charge < -0.3 is 9.84 Å². The van der Waals surface area contributed by atoms with Gasteiger partial charge in [-0.1, -0.05) is 30.3 Å². The van der Waals surface area contributed by atoms with Gasteiger partial charge in [0.05, 0.1) is 6.10 Å². The van der Waals surface area contributed by atoms with Gasteiger partial charge in [0.1, 0.15) is 11.2 Å². The van der Waals surface area contributed by atoms with E-state index in [1.165, 1.54) is 0 Å². The van der Waals surface area contributed by atoms with Crippen LogP contribution in [0.5, 0.6) is 0 Å². The highest BCUT2D eigenvalue weighted by atomic mass is 16.6. The fraction of sp³-hybridized carbons (Fsp3) is 0.500. The Hall–Kier alpha value is -0.860. The standard InChI is InChI=1S/C12H14O2/c1-11-8-7-10(13)12(11,14-11)9-5-3-2-4-6-9/h2-6,10,13H,7-8H2,1H3/t10-,11+,12-/m0/s1. The minimum absolute atomic E-state index is 0.117. The summed E-state index contributed by atoms with van der Waals surface area (Å²) in [5, 5.41) is 9.98. The number of hydrogen-bond donors (Lipinski definition) is 1. The van der Waals surface area contributed by atoms with E-state index in [1.54, 1.807) is 0 Å². The number of fused-ring (bicyclic) bond motifs is 1. The summed E-state index contributed by atoms with van der Waals surface area (Å²) < 4.78 is 5.78. The highest BCUT2D eigenvalue weighted by Crippen LogP contribution is 2.65. The summed E-state index contributed by atoms with van der Waals surface area (Å²) in [5.74, 6) is 0. The summed E-state index contributed by atoms with van der Waals surface area (Å²) in [7, 11) is 0. The number of aliphatic hydroxyl groups excluding tert-OH is 1. The van der Waals surface area contributed by atoms with E-state index in [-0.39, 0.29) is 11.7 Å². The molecule has 0 aromatic heterocycles. The average molecular weight is 190 g/mol. The molecule has 1 aromatic carbocycles. The second kappa shape index (κ2) is 2.38. The van der Waals surface area contributed by atoms with Crippen LogP contribution in [-0.4, -0.2) is 16.8 Å². The van der Waals surface area contributed by atoms with Crippen LogP contribution in [0.25, 0.3) is 0 Å². The summed E-state index contributed by atoms with van der Waals surface area (Å²) in [5.41, 5.74) is 0.606. The van der Waals surface area contributed by atoms with Gasteiger partial charge in [-0.3, -0.25) is 0 Å². The van der Waals surface area contributed by atoms with Crippen molar-refractivity contribution in [3.8, 4) is 0 Å². The van der Waals surface area contributed by atoms with E-state index >= 15 is 0 Å². The van der Waals surface area contributed by atoms with Crippen LogP contribution in [0.3, 0.4) is 0 Å². The number of benzene rings is 1. The molecule has 1 saturated heterocycles. The first-order chi connectivity index (χ1) is 6.69. The predicted molar refractivity (Wildman–Crippen MR) is 52.9 cm³/mol. The molecule has 1 heterocycles. The first kappa shape index (κ1) is 8.45. The van der Waals surface area contributed by atoms with E-state index in [1.807, 2.05) is 30.3 Å². The molecule has 0 bridgehead atoms. The number of hydrogen-bond acceptors (Lipinski definition) is 2. The number of ether oxygens (including phenoxy) is 1. The van der Waals surface area contributed by atoms with Crippen LogP contribution in [0.1, 0.15) is 25.3 Å². The summed E-state index contributed by atoms with van der Waals surface area (Å²) >= 11 is 0. The Morgan fingerprint density at radius 2 is 2.07 bits per heavy atom. The lowest BCUT2D eigenvalue weighted by atomic mass is 9.89. The molecule has 1 aromatic rings. The minimum atomic E-state index is -0.395. The van der Waals surface area contributed by atoms with Crippen LogP contribution in [0.2, 0.25) is 0 Å². The van der Waals surface area contributed by atoms with Gasteiger partial charge in [0.15, 0.2) is 0 Å². The lowest BCUT2D eigenvalue weighted by Crippen LogP contribution is -2.26. The van der Waals surface area contributed by atoms with E-state index in [0.29, 0.717) is 0 Å². The summed E-state index contributed by atoms with van der Waals surface area (Å²) in [6.07, 6.45) is 1.48. The smallest absolute Gasteiger partial charge is 0.148 e. The molecule has 3 atom stereocenters. The van der Waals surface area contributed by atoms with Gasteiger partial charge in [0.25, 0.3) is 0 Å². The summed E-state index contributed by atoms with van der Waals surface area (Å²) in [6.45, 7) is 2.09. The molecule has 2 aliphatic rings. The van der Waals surface area contributed by atoms with Gasteiger partial charge in [0, 0.05) is 0 Å². The largest absolute Gasteiger partial charge is 0.390 e. The molecular formula is C12H14O2. The highest BCUT2D eigenvalue weighted by Gasteiger charge is 2.74. The maximum absolute atomic E-state index is 9.98. The molecule has 1 aliphatic carbocycles. The molecule has 0 spiro atoms. The summed E-state index contributed by atoms with van der Waals surface area (Å²) in [6, 6.07) is 10.1. The van der Waals surface area contributed by atoms with Gasteiger partial charge in [-0.15, -0.1) is 0 Å². The van der Waals surface area contributed by atoms with Crippen molar-refractivity contribution in [2.45, 2.75) is 37.1 Å². The fourth-order valence-corrected chi connectivity index (χ4v) is 2.84. The SMILES string of the molecule is C[C@@]12CC[C@H](O)[C@]1(c1ccccc1)O2. The van der Waals surface area contributed by atoms with E-state index in [9.17, 15) is 5.11 Å². The maximum Gasteiger partial charge on any atom is 0.148 e. The molecule has 0 radical (unpaired) electrons. The number of aliphatic hydroxyl groups is 1. The molecular weight excluding hydrogens is 176 g/mol. The normalized spacial score (nSPS) is 44.9. The van der Waals surface area contributed by atoms with Crippen molar-refractivity contribution in [3.63, 3.8) is 0 Å². The van der Waals surface area contributed by atoms with Crippen molar-refractivity contribution in [3.05, 3.63) is 35.9 Å². The van der Waals surface area contributed by atoms with Crippen molar-refractivity contribution < 1.29 is 9.84 Å². The Bertz CT molecular complexity index is 362. The van der Waals surface area contributed by atoms with Crippen LogP contribution in [-0.2, 0) is 10.3 Å². The van der Waals surface area contributed by atoms with Crippen molar-refractivity contribution in [1.82, 2.24) is 0 Å². The van der Waals surface area contributed by atoms with Gasteiger partial charge in [-0.2, -0.15) is 0 Å². The van der Waals surface area contributed by atoms with Gasteiger partial charge in [0.2, 0.25) is 0 Å². The number of rotatable bonds is 1. The van der Waals surface area contributed by atoms with Crippen molar-refractivity contribution in [2.75, 3.05) is 0 Å². The lowest BCUT2D eigenvalue weighted by Gasteiger charge is -2.15. The third-order valence-corrected chi connectivity index (χ3v) is 3.70. The molecule has 0 amide bonds. The lowest BCUT2D eigenvalue weighted by molar-refractivity contribution is 0.0609. The number of epoxide rings is 1. The highest BCUT2D eigenvalue weighted by molar-refractivity contribution is 5.37. The molecule has 14 heavy (non-hydrogen) atoms. The van der Waals surface area contributed by atoms with Gasteiger partial charge in [-0.05, 0) is 25.3 Å². The zero-order chi connectivity index (χ0) is 9.81. The Morgan fingerprint density at radius 3 is 2.57 bits per heavy atom. The topological polar surface area (TPSA) is 32.8 Å². The van der Waals surface area contributed by atoms with E-state index in [2.05, 4.69) is 6.92 Å². The average Bonchev–Trinajstić information content (AvgIpc) is 2.77. The molecule has 1 N–H and O–H groups in total. The molecule has 1 saturated carbocycles. The Kier molecular flexibility index (Phi) is 1.44. The minimum Gasteiger partial charge on any atom is -0.390 e. The fourth-order valence-electron chi connectivity index (χ4n) is 2.84. The van der Waals surface area contributed by atoms with Crippen LogP contribution in [0.4, 0.5) is 0 Å². The van der Waals surface area contributed by atoms with E-state index in [4.69, 9.17) is 4.74 Å². The quantitative estimate of drug-likeness (QED) is 0.685. The van der Waals surface area contributed by atoms with Crippen LogP contribution in [0.15, 0.2) is 30.3 Å². The third-order valence-electron chi connectivity index (χ3n) is 3.70. The maximum atomic E-state index is 9.98. The zero-order valence-electron chi connectivity index (χ0n) is 8.23. The summed E-state index contributed by atoms with van der Waals surface area (Å²) in [4.78, 5) is 0. The second-order valence-electron chi connectivity index (χ2n) is 4.49. The zero-order valence-corrected chi connectivity index (χ0v) is 8.23. The van der Waals surface area contributed by atoms with Crippen molar-refractivity contribution in [2.24, 2.45) is 0 Å². The van der Waals surface area contributed by atoms with Crippen LogP contribution < -0.4 is 0 Å². The predicted octanol–water partition coefficient (Wildman–Crippen LogP) is 1.83. The monoisotopic (exact) mass is 190 g/mol. The molecule has 0 unspecified atom stereocenters. The Labute approximate surface area is 83.5 Å². The van der Waals surface area contributed by atoms with Gasteiger partial charge in [-0.25, -0.2) is 0 Å². The van der Waals surface area contributed by atoms with Crippen molar-refractivity contribution >= 4 is 0 Å². The van der Waals surface area contributed by atoms with Gasteiger partial charge >= 0.3 is 0 Å². The van der Waals surface area contributed by atoms with Crippen molar-refractivity contribution in [1.29, 1.82) is 0 Å². The molecule has 2 heteroatoms. The molecule has 2 fully saturated rings. The van der Waals surface area contributed by atoms with E-state index in [0.717, 1.165) is 18.4 Å². The third kappa shape index (κ3) is 0.787. The molecule has 3 rings (SSSR count). The Balaban J connectivity index is 2.07.